The van der Waals surface area contributed by atoms with E-state index in [4.69, 9.17) is 34.8 Å². The van der Waals surface area contributed by atoms with Gasteiger partial charge in [0.05, 0.1) is 15.1 Å². The van der Waals surface area contributed by atoms with Crippen LogP contribution in [0.15, 0.2) is 59.5 Å². The molecule has 0 atom stereocenters. The third kappa shape index (κ3) is 4.88. The van der Waals surface area contributed by atoms with E-state index in [1.54, 1.807) is 36.4 Å². The van der Waals surface area contributed by atoms with Crippen molar-refractivity contribution in [2.75, 3.05) is 0 Å². The van der Waals surface area contributed by atoms with Crippen LogP contribution in [0, 0.1) is 5.82 Å². The molecule has 0 aliphatic heterocycles. The average Bonchev–Trinajstić information content (AvgIpc) is 2.80. The molecule has 33 heavy (non-hydrogen) atoms. The molecule has 168 valence electrons. The van der Waals surface area contributed by atoms with Crippen LogP contribution in [0.1, 0.15) is 33.6 Å². The second-order valence-corrected chi connectivity index (χ2v) is 8.66. The highest BCUT2D eigenvalue weighted by molar-refractivity contribution is 6.42. The summed E-state index contributed by atoms with van der Waals surface area (Å²) in [5.41, 5.74) is 0.852. The number of aromatic hydroxyl groups is 1. The maximum atomic E-state index is 14.2. The van der Waals surface area contributed by atoms with Gasteiger partial charge in [-0.2, -0.15) is 0 Å². The van der Waals surface area contributed by atoms with Gasteiger partial charge in [-0.05, 0) is 47.4 Å². The van der Waals surface area contributed by atoms with E-state index in [1.807, 2.05) is 0 Å². The van der Waals surface area contributed by atoms with E-state index in [0.717, 1.165) is 9.96 Å². The predicted octanol–water partition coefficient (Wildman–Crippen LogP) is 5.91. The zero-order chi connectivity index (χ0) is 23.7. The van der Waals surface area contributed by atoms with Crippen LogP contribution in [-0.4, -0.2) is 20.3 Å². The van der Waals surface area contributed by atoms with E-state index in [2.05, 4.69) is 4.98 Å². The van der Waals surface area contributed by atoms with Crippen molar-refractivity contribution in [1.82, 2.24) is 9.38 Å². The largest absolute Gasteiger partial charge is 0.501 e. The molecule has 0 aliphatic rings. The normalized spacial score (nSPS) is 11.2. The molecule has 0 bridgehead atoms. The van der Waals surface area contributed by atoms with Gasteiger partial charge >= 0.3 is 5.56 Å². The van der Waals surface area contributed by atoms with Gasteiger partial charge < -0.3 is 5.11 Å². The summed E-state index contributed by atoms with van der Waals surface area (Å²) in [7, 11) is 0. The summed E-state index contributed by atoms with van der Waals surface area (Å²) in [5, 5.41) is 11.2. The molecule has 5 nitrogen and oxygen atoms in total. The molecule has 2 aromatic carbocycles. The van der Waals surface area contributed by atoms with Gasteiger partial charge in [0.2, 0.25) is 5.75 Å². The molecular formula is C24H16Cl3FN2O3. The summed E-state index contributed by atoms with van der Waals surface area (Å²) in [6.07, 6.45) is 1.98. The fraction of sp³-hybridized carbons (Fsp3) is 0.125. The van der Waals surface area contributed by atoms with Crippen LogP contribution in [0.5, 0.6) is 5.75 Å². The fourth-order valence-corrected chi connectivity index (χ4v) is 3.96. The molecule has 2 aromatic heterocycles. The topological polar surface area (TPSA) is 71.7 Å². The number of aryl methyl sites for hydroxylation is 1. The number of halogens is 4. The van der Waals surface area contributed by atoms with Crippen molar-refractivity contribution in [2.45, 2.75) is 19.3 Å². The number of fused-ring (bicyclic) bond motifs is 1. The molecule has 0 amide bonds. The third-order valence-corrected chi connectivity index (χ3v) is 6.21. The van der Waals surface area contributed by atoms with Crippen LogP contribution in [0.25, 0.3) is 5.65 Å². The lowest BCUT2D eigenvalue weighted by Gasteiger charge is -2.09. The monoisotopic (exact) mass is 504 g/mol. The first kappa shape index (κ1) is 23.2. The molecule has 0 unspecified atom stereocenters. The lowest BCUT2D eigenvalue weighted by Crippen LogP contribution is -2.19. The summed E-state index contributed by atoms with van der Waals surface area (Å²) in [6.45, 7) is 0. The van der Waals surface area contributed by atoms with Crippen molar-refractivity contribution in [2.24, 2.45) is 0 Å². The quantitative estimate of drug-likeness (QED) is 0.331. The Balaban J connectivity index is 1.60. The SMILES string of the molecule is O=C(CCc1ccc(Cl)c(Cl)c1)c1nc2ccc(Cc3cccc(Cl)c3F)cn2c(=O)c1O. The minimum absolute atomic E-state index is 0.00814. The van der Waals surface area contributed by atoms with Gasteiger partial charge in [0, 0.05) is 19.0 Å². The van der Waals surface area contributed by atoms with Crippen molar-refractivity contribution >= 4 is 46.2 Å². The zero-order valence-corrected chi connectivity index (χ0v) is 19.3. The van der Waals surface area contributed by atoms with E-state index >= 15 is 0 Å². The Hall–Kier alpha value is -2.93. The number of hydrogen-bond acceptors (Lipinski definition) is 4. The Bertz CT molecular complexity index is 1450. The van der Waals surface area contributed by atoms with Crippen LogP contribution in [0.3, 0.4) is 0 Å². The van der Waals surface area contributed by atoms with Crippen molar-refractivity contribution in [3.63, 3.8) is 0 Å². The van der Waals surface area contributed by atoms with Crippen LogP contribution in [0.4, 0.5) is 4.39 Å². The number of carbonyl (C=O) groups excluding carboxylic acids is 1. The standard InChI is InChI=1S/C24H16Cl3FN2O3/c25-16-7-4-13(11-18(16)27)5-8-19(31)22-23(32)24(33)30-12-14(6-9-20(30)29-22)10-15-2-1-3-17(26)21(15)28/h1-4,6-7,9,11-12,32H,5,8,10H2. The van der Waals surface area contributed by atoms with Crippen LogP contribution < -0.4 is 5.56 Å². The number of Topliss-reactive ketones (excluding diaryl/α,β-unsaturated/α-hetero) is 1. The number of aromatic nitrogens is 2. The number of nitrogens with zero attached hydrogens (tertiary/aromatic N) is 2. The van der Waals surface area contributed by atoms with E-state index in [9.17, 15) is 19.1 Å². The Kier molecular flexibility index (Phi) is 6.70. The van der Waals surface area contributed by atoms with E-state index in [-0.39, 0.29) is 29.2 Å². The minimum Gasteiger partial charge on any atom is -0.501 e. The highest BCUT2D eigenvalue weighted by atomic mass is 35.5. The molecule has 1 N–H and O–H groups in total. The average molecular weight is 506 g/mol. The molecule has 0 spiro atoms. The summed E-state index contributed by atoms with van der Waals surface area (Å²) in [5.74, 6) is -1.75. The van der Waals surface area contributed by atoms with Gasteiger partial charge in [-0.3, -0.25) is 14.0 Å². The molecule has 0 radical (unpaired) electrons. The summed E-state index contributed by atoms with van der Waals surface area (Å²) in [6, 6.07) is 12.9. The summed E-state index contributed by atoms with van der Waals surface area (Å²) in [4.78, 5) is 29.6. The first-order valence-electron chi connectivity index (χ1n) is 9.89. The van der Waals surface area contributed by atoms with Crippen molar-refractivity contribution in [1.29, 1.82) is 0 Å². The molecule has 0 fully saturated rings. The Labute approximate surface area is 203 Å². The molecule has 4 aromatic rings. The highest BCUT2D eigenvalue weighted by Gasteiger charge is 2.19. The minimum atomic E-state index is -0.786. The Morgan fingerprint density at radius 2 is 1.76 bits per heavy atom. The number of rotatable bonds is 6. The van der Waals surface area contributed by atoms with Crippen molar-refractivity contribution in [3.8, 4) is 5.75 Å². The maximum absolute atomic E-state index is 14.2. The first-order chi connectivity index (χ1) is 15.7. The predicted molar refractivity (Wildman–Crippen MR) is 126 cm³/mol. The zero-order valence-electron chi connectivity index (χ0n) is 17.0. The van der Waals surface area contributed by atoms with Crippen LogP contribution >= 0.6 is 34.8 Å². The second-order valence-electron chi connectivity index (χ2n) is 7.44. The van der Waals surface area contributed by atoms with Gasteiger partial charge in [0.25, 0.3) is 0 Å². The molecule has 9 heteroatoms. The number of hydrogen-bond donors (Lipinski definition) is 1. The molecule has 4 rings (SSSR count). The van der Waals surface area contributed by atoms with E-state index in [0.29, 0.717) is 27.6 Å². The fourth-order valence-electron chi connectivity index (χ4n) is 3.45. The molecule has 2 heterocycles. The lowest BCUT2D eigenvalue weighted by molar-refractivity contribution is 0.0975. The van der Waals surface area contributed by atoms with Gasteiger partial charge in [0.1, 0.15) is 11.5 Å². The van der Waals surface area contributed by atoms with E-state index < -0.39 is 22.9 Å². The second kappa shape index (κ2) is 9.51. The number of carbonyl (C=O) groups is 1. The van der Waals surface area contributed by atoms with Gasteiger partial charge in [0.15, 0.2) is 11.5 Å². The van der Waals surface area contributed by atoms with E-state index in [1.165, 1.54) is 18.3 Å². The van der Waals surface area contributed by atoms with Gasteiger partial charge in [-0.25, -0.2) is 9.37 Å². The Morgan fingerprint density at radius 3 is 2.52 bits per heavy atom. The number of ketones is 1. The van der Waals surface area contributed by atoms with Gasteiger partial charge in [-0.1, -0.05) is 59.1 Å². The van der Waals surface area contributed by atoms with Crippen molar-refractivity contribution < 1.29 is 14.3 Å². The maximum Gasteiger partial charge on any atom is 0.300 e. The summed E-state index contributed by atoms with van der Waals surface area (Å²) >= 11 is 17.7. The van der Waals surface area contributed by atoms with Crippen LogP contribution in [-0.2, 0) is 12.8 Å². The molecule has 0 saturated carbocycles. The van der Waals surface area contributed by atoms with Gasteiger partial charge in [-0.15, -0.1) is 0 Å². The Morgan fingerprint density at radius 1 is 1.00 bits per heavy atom. The third-order valence-electron chi connectivity index (χ3n) is 5.18. The first-order valence-corrected chi connectivity index (χ1v) is 11.0. The highest BCUT2D eigenvalue weighted by Crippen LogP contribution is 2.24. The molecule has 0 aliphatic carbocycles. The smallest absolute Gasteiger partial charge is 0.300 e. The lowest BCUT2D eigenvalue weighted by atomic mass is 10.1. The van der Waals surface area contributed by atoms with Crippen molar-refractivity contribution in [3.05, 3.63) is 108 Å². The summed E-state index contributed by atoms with van der Waals surface area (Å²) < 4.78 is 15.3. The molecular weight excluding hydrogens is 490 g/mol. The number of benzene rings is 2. The number of pyridine rings is 1. The molecule has 0 saturated heterocycles. The van der Waals surface area contributed by atoms with Crippen LogP contribution in [0.2, 0.25) is 15.1 Å².